The molecule has 0 bridgehead atoms. The van der Waals surface area contributed by atoms with Gasteiger partial charge in [0.15, 0.2) is 0 Å². The molecule has 5 heteroatoms. The number of aromatic nitrogens is 1. The first kappa shape index (κ1) is 12.1. The molecule has 0 radical (unpaired) electrons. The van der Waals surface area contributed by atoms with Gasteiger partial charge in [0.2, 0.25) is 0 Å². The number of aromatic hydroxyl groups is 1. The van der Waals surface area contributed by atoms with Gasteiger partial charge in [-0.25, -0.2) is 4.98 Å². The lowest BCUT2D eigenvalue weighted by molar-refractivity contribution is -0.384. The molecule has 1 aliphatic carbocycles. The van der Waals surface area contributed by atoms with Gasteiger partial charge >= 0.3 is 0 Å². The van der Waals surface area contributed by atoms with Crippen molar-refractivity contribution in [2.75, 3.05) is 0 Å². The van der Waals surface area contributed by atoms with Crippen molar-refractivity contribution in [1.82, 2.24) is 4.98 Å². The van der Waals surface area contributed by atoms with E-state index in [1.165, 1.54) is 18.2 Å². The average molecular weight is 266 g/mol. The first-order valence-electron chi connectivity index (χ1n) is 5.99. The molecule has 1 aromatic rings. The van der Waals surface area contributed by atoms with E-state index in [9.17, 15) is 15.2 Å². The molecule has 0 unspecified atom stereocenters. The molecule has 0 saturated heterocycles. The van der Waals surface area contributed by atoms with Crippen LogP contribution < -0.4 is 0 Å². The van der Waals surface area contributed by atoms with Gasteiger partial charge < -0.3 is 5.11 Å². The van der Waals surface area contributed by atoms with E-state index in [-0.39, 0.29) is 11.4 Å². The Labute approximate surface area is 114 Å². The maximum atomic E-state index is 10.8. The number of non-ortho nitro benzene ring substituents is 1. The zero-order valence-electron chi connectivity index (χ0n) is 10.4. The van der Waals surface area contributed by atoms with E-state index in [4.69, 9.17) is 0 Å². The summed E-state index contributed by atoms with van der Waals surface area (Å²) >= 11 is 0. The van der Waals surface area contributed by atoms with Crippen molar-refractivity contribution in [2.24, 2.45) is 0 Å². The van der Waals surface area contributed by atoms with E-state index in [1.807, 2.05) is 30.3 Å². The van der Waals surface area contributed by atoms with E-state index < -0.39 is 4.92 Å². The molecule has 2 aliphatic rings. The number of nitrogens with zero attached hydrogens (tertiary/aromatic N) is 2. The first-order valence-corrected chi connectivity index (χ1v) is 5.99. The van der Waals surface area contributed by atoms with E-state index in [0.717, 1.165) is 11.3 Å². The summed E-state index contributed by atoms with van der Waals surface area (Å²) in [6.07, 6.45) is 0. The van der Waals surface area contributed by atoms with E-state index >= 15 is 0 Å². The van der Waals surface area contributed by atoms with Crippen molar-refractivity contribution in [3.8, 4) is 28.3 Å². The van der Waals surface area contributed by atoms with Crippen LogP contribution in [0, 0.1) is 10.1 Å². The maximum Gasteiger partial charge on any atom is 0.270 e. The summed E-state index contributed by atoms with van der Waals surface area (Å²) in [6.45, 7) is 0. The third-order valence-electron chi connectivity index (χ3n) is 3.05. The van der Waals surface area contributed by atoms with Crippen LogP contribution in [-0.4, -0.2) is 15.0 Å². The Morgan fingerprint density at radius 3 is 2.60 bits per heavy atom. The molecular weight excluding hydrogens is 256 g/mol. The predicted molar refractivity (Wildman–Crippen MR) is 74.6 cm³/mol. The Morgan fingerprint density at radius 2 is 1.80 bits per heavy atom. The number of benzene rings is 1. The molecule has 0 amide bonds. The monoisotopic (exact) mass is 266 g/mol. The molecule has 5 nitrogen and oxygen atoms in total. The Bertz CT molecular complexity index is 740. The van der Waals surface area contributed by atoms with Gasteiger partial charge in [-0.2, -0.15) is 0 Å². The second kappa shape index (κ2) is 4.62. The fourth-order valence-corrected chi connectivity index (χ4v) is 2.07. The molecule has 1 aromatic carbocycles. The number of nitro groups is 1. The maximum absolute atomic E-state index is 10.8. The average Bonchev–Trinajstić information content (AvgIpc) is 2.70. The highest BCUT2D eigenvalue weighted by atomic mass is 16.6. The summed E-state index contributed by atoms with van der Waals surface area (Å²) in [5.41, 5.74) is 2.49. The molecule has 0 aromatic heterocycles. The van der Waals surface area contributed by atoms with Gasteiger partial charge in [-0.05, 0) is 18.2 Å². The third kappa shape index (κ3) is 2.05. The summed E-state index contributed by atoms with van der Waals surface area (Å²) in [7, 11) is 0. The minimum absolute atomic E-state index is 0.0252. The van der Waals surface area contributed by atoms with Crippen molar-refractivity contribution < 1.29 is 10.0 Å². The second-order valence-corrected chi connectivity index (χ2v) is 4.35. The molecule has 3 rings (SSSR count). The van der Waals surface area contributed by atoms with Crippen LogP contribution in [0.3, 0.4) is 0 Å². The Hall–Kier alpha value is -2.95. The Balaban J connectivity index is 2.19. The highest BCUT2D eigenvalue weighted by Crippen LogP contribution is 2.35. The van der Waals surface area contributed by atoms with Crippen LogP contribution >= 0.6 is 0 Å². The van der Waals surface area contributed by atoms with E-state index in [1.54, 1.807) is 6.07 Å². The summed E-state index contributed by atoms with van der Waals surface area (Å²) in [4.78, 5) is 14.7. The van der Waals surface area contributed by atoms with Gasteiger partial charge in [-0.3, -0.25) is 10.1 Å². The second-order valence-electron chi connectivity index (χ2n) is 4.35. The minimum atomic E-state index is -0.494. The molecule has 0 atom stereocenters. The van der Waals surface area contributed by atoms with Gasteiger partial charge in [0.25, 0.3) is 5.69 Å². The minimum Gasteiger partial charge on any atom is -0.507 e. The summed E-state index contributed by atoms with van der Waals surface area (Å²) in [5.74, 6) is -0.0252. The van der Waals surface area contributed by atoms with Crippen LogP contribution in [0.15, 0.2) is 54.6 Å². The van der Waals surface area contributed by atoms with Crippen molar-refractivity contribution in [3.05, 3.63) is 64.7 Å². The number of nitro benzene ring substituents is 1. The smallest absolute Gasteiger partial charge is 0.270 e. The van der Waals surface area contributed by atoms with Crippen LogP contribution in [-0.2, 0) is 0 Å². The van der Waals surface area contributed by atoms with Crippen LogP contribution in [0.2, 0.25) is 0 Å². The van der Waals surface area contributed by atoms with Crippen LogP contribution in [0.4, 0.5) is 5.69 Å². The number of phenolic OH excluding ortho intramolecular Hbond substituents is 1. The number of fused-ring (bicyclic) bond motifs is 1. The molecule has 20 heavy (non-hydrogen) atoms. The molecule has 0 spiro atoms. The summed E-state index contributed by atoms with van der Waals surface area (Å²) < 4.78 is 0. The zero-order valence-corrected chi connectivity index (χ0v) is 10.4. The van der Waals surface area contributed by atoms with Gasteiger partial charge in [-0.15, -0.1) is 0 Å². The molecule has 1 aliphatic heterocycles. The third-order valence-corrected chi connectivity index (χ3v) is 3.05. The van der Waals surface area contributed by atoms with Crippen molar-refractivity contribution >= 4 is 5.69 Å². The largest absolute Gasteiger partial charge is 0.507 e. The van der Waals surface area contributed by atoms with Gasteiger partial charge in [0.1, 0.15) is 5.75 Å². The lowest BCUT2D eigenvalue weighted by Crippen LogP contribution is -1.88. The number of rotatable bonds is 2. The van der Waals surface area contributed by atoms with Crippen LogP contribution in [0.1, 0.15) is 0 Å². The fourth-order valence-electron chi connectivity index (χ4n) is 2.07. The SMILES string of the molecule is O=[N+]([O-])c1ccc(O)c(-c2cc3cccccc-3n2)c1. The molecule has 98 valence electrons. The molecule has 0 fully saturated rings. The Morgan fingerprint density at radius 1 is 1.00 bits per heavy atom. The van der Waals surface area contributed by atoms with Crippen LogP contribution in [0.25, 0.3) is 22.5 Å². The lowest BCUT2D eigenvalue weighted by Gasteiger charge is -2.00. The first-order chi connectivity index (χ1) is 9.65. The Kier molecular flexibility index (Phi) is 2.80. The molecule has 1 N–H and O–H groups in total. The van der Waals surface area contributed by atoms with Crippen molar-refractivity contribution in [1.29, 1.82) is 0 Å². The quantitative estimate of drug-likeness (QED) is 0.569. The molecule has 1 heterocycles. The van der Waals surface area contributed by atoms with Crippen molar-refractivity contribution in [3.63, 3.8) is 0 Å². The predicted octanol–water partition coefficient (Wildman–Crippen LogP) is 3.47. The van der Waals surface area contributed by atoms with Gasteiger partial charge in [0.05, 0.1) is 16.3 Å². The summed E-state index contributed by atoms with van der Waals surface area (Å²) in [5, 5.41) is 20.7. The standard InChI is InChI=1S/C15H10N2O3/c18-15-7-6-11(17(19)20)9-12(15)14-8-10-4-2-1-3-5-13(10)16-14/h1-9,18H. The number of hydrogen-bond donors (Lipinski definition) is 1. The summed E-state index contributed by atoms with van der Waals surface area (Å²) in [6, 6.07) is 15.1. The van der Waals surface area contributed by atoms with E-state index in [2.05, 4.69) is 4.98 Å². The number of phenols is 1. The van der Waals surface area contributed by atoms with Crippen molar-refractivity contribution in [2.45, 2.75) is 0 Å². The van der Waals surface area contributed by atoms with Gasteiger partial charge in [-0.1, -0.05) is 24.3 Å². The number of hydrogen-bond acceptors (Lipinski definition) is 4. The van der Waals surface area contributed by atoms with E-state index in [0.29, 0.717) is 11.3 Å². The highest BCUT2D eigenvalue weighted by molar-refractivity contribution is 5.77. The normalized spacial score (nSPS) is 10.6. The molecular formula is C15H10N2O3. The van der Waals surface area contributed by atoms with Gasteiger partial charge in [0, 0.05) is 23.3 Å². The zero-order chi connectivity index (χ0) is 14.1. The molecule has 0 saturated carbocycles. The fraction of sp³-hybridized carbons (Fsp3) is 0. The lowest BCUT2D eigenvalue weighted by atomic mass is 10.1. The topological polar surface area (TPSA) is 76.3 Å². The van der Waals surface area contributed by atoms with Crippen LogP contribution in [0.5, 0.6) is 5.75 Å². The highest BCUT2D eigenvalue weighted by Gasteiger charge is 2.15.